The van der Waals surface area contributed by atoms with Gasteiger partial charge in [-0.05, 0) is 42.5 Å². The van der Waals surface area contributed by atoms with Crippen molar-refractivity contribution in [1.82, 2.24) is 15.1 Å². The molecule has 0 unspecified atom stereocenters. The van der Waals surface area contributed by atoms with Gasteiger partial charge in [0.25, 0.3) is 5.89 Å². The van der Waals surface area contributed by atoms with Crippen molar-refractivity contribution in [3.8, 4) is 34.3 Å². The van der Waals surface area contributed by atoms with Gasteiger partial charge in [-0.3, -0.25) is 4.98 Å². The zero-order chi connectivity index (χ0) is 16.2. The predicted octanol–water partition coefficient (Wildman–Crippen LogP) is 4.59. The third-order valence-electron chi connectivity index (χ3n) is 3.42. The first-order valence-corrected chi connectivity index (χ1v) is 7.46. The summed E-state index contributed by atoms with van der Waals surface area (Å²) in [6.07, 6.45) is 3.39. The van der Waals surface area contributed by atoms with Gasteiger partial charge < -0.3 is 9.26 Å². The van der Waals surface area contributed by atoms with Crippen LogP contribution in [0.2, 0.25) is 0 Å². The molecule has 0 fully saturated rings. The van der Waals surface area contributed by atoms with E-state index in [1.165, 1.54) is 0 Å². The summed E-state index contributed by atoms with van der Waals surface area (Å²) in [4.78, 5) is 8.42. The number of rotatable bonds is 4. The monoisotopic (exact) mass is 315 g/mol. The Morgan fingerprint density at radius 2 is 1.54 bits per heavy atom. The molecule has 0 spiro atoms. The molecular weight excluding hydrogens is 302 g/mol. The highest BCUT2D eigenvalue weighted by molar-refractivity contribution is 5.60. The molecule has 5 nitrogen and oxygen atoms in total. The maximum Gasteiger partial charge on any atom is 0.258 e. The van der Waals surface area contributed by atoms with Gasteiger partial charge in [-0.15, -0.1) is 0 Å². The number of hydrogen-bond acceptors (Lipinski definition) is 5. The van der Waals surface area contributed by atoms with Gasteiger partial charge in [0, 0.05) is 23.5 Å². The topological polar surface area (TPSA) is 61.0 Å². The fraction of sp³-hybridized carbons (Fsp3) is 0. The molecule has 0 aliphatic rings. The van der Waals surface area contributed by atoms with Gasteiger partial charge in [-0.1, -0.05) is 29.4 Å². The van der Waals surface area contributed by atoms with E-state index in [0.29, 0.717) is 17.5 Å². The van der Waals surface area contributed by atoms with Crippen LogP contribution in [0, 0.1) is 0 Å². The maximum absolute atomic E-state index is 5.83. The number of aromatic nitrogens is 3. The van der Waals surface area contributed by atoms with E-state index in [1.807, 2.05) is 66.7 Å². The van der Waals surface area contributed by atoms with Gasteiger partial charge in [0.1, 0.15) is 11.5 Å². The second-order valence-electron chi connectivity index (χ2n) is 5.10. The summed E-state index contributed by atoms with van der Waals surface area (Å²) < 4.78 is 11.2. The average Bonchev–Trinajstić information content (AvgIpc) is 3.14. The minimum absolute atomic E-state index is 0.445. The molecule has 2 aromatic heterocycles. The molecular formula is C19H13N3O2. The van der Waals surface area contributed by atoms with Crippen LogP contribution in [0.1, 0.15) is 0 Å². The van der Waals surface area contributed by atoms with E-state index in [9.17, 15) is 0 Å². The average molecular weight is 315 g/mol. The van der Waals surface area contributed by atoms with Crippen molar-refractivity contribution in [2.24, 2.45) is 0 Å². The summed E-state index contributed by atoms with van der Waals surface area (Å²) in [5.41, 5.74) is 1.66. The summed E-state index contributed by atoms with van der Waals surface area (Å²) in [6.45, 7) is 0. The van der Waals surface area contributed by atoms with Gasteiger partial charge in [0.2, 0.25) is 5.82 Å². The van der Waals surface area contributed by atoms with E-state index in [-0.39, 0.29) is 0 Å². The Bertz CT molecular complexity index is 937. The lowest BCUT2D eigenvalue weighted by Gasteiger charge is -2.05. The molecule has 0 N–H and O–H groups in total. The lowest BCUT2D eigenvalue weighted by Crippen LogP contribution is -1.85. The first kappa shape index (κ1) is 14.1. The van der Waals surface area contributed by atoms with E-state index in [1.54, 1.807) is 12.4 Å². The van der Waals surface area contributed by atoms with E-state index in [2.05, 4.69) is 15.1 Å². The van der Waals surface area contributed by atoms with E-state index in [0.717, 1.165) is 16.9 Å². The molecule has 4 rings (SSSR count). The molecule has 24 heavy (non-hydrogen) atoms. The zero-order valence-corrected chi connectivity index (χ0v) is 12.7. The maximum atomic E-state index is 5.83. The molecule has 0 radical (unpaired) electrons. The van der Waals surface area contributed by atoms with Crippen molar-refractivity contribution >= 4 is 0 Å². The highest BCUT2D eigenvalue weighted by Gasteiger charge is 2.11. The van der Waals surface area contributed by atoms with Gasteiger partial charge in [-0.25, -0.2) is 0 Å². The fourth-order valence-electron chi connectivity index (χ4n) is 2.28. The van der Waals surface area contributed by atoms with Crippen LogP contribution in [0.4, 0.5) is 0 Å². The van der Waals surface area contributed by atoms with Crippen LogP contribution in [-0.2, 0) is 0 Å². The molecule has 2 aromatic carbocycles. The minimum atomic E-state index is 0.445. The molecule has 116 valence electrons. The van der Waals surface area contributed by atoms with E-state index in [4.69, 9.17) is 9.26 Å². The van der Waals surface area contributed by atoms with Crippen LogP contribution in [0.3, 0.4) is 0 Å². The van der Waals surface area contributed by atoms with Gasteiger partial charge in [0.05, 0.1) is 0 Å². The number of hydrogen-bond donors (Lipinski definition) is 0. The first-order valence-electron chi connectivity index (χ1n) is 7.46. The lowest BCUT2D eigenvalue weighted by molar-refractivity contribution is 0.431. The zero-order valence-electron chi connectivity index (χ0n) is 12.7. The summed E-state index contributed by atoms with van der Waals surface area (Å²) >= 11 is 0. The summed E-state index contributed by atoms with van der Waals surface area (Å²) in [7, 11) is 0. The smallest absolute Gasteiger partial charge is 0.258 e. The van der Waals surface area contributed by atoms with Crippen molar-refractivity contribution in [3.05, 3.63) is 79.1 Å². The Morgan fingerprint density at radius 3 is 2.38 bits per heavy atom. The summed E-state index contributed by atoms with van der Waals surface area (Å²) in [6, 6.07) is 20.8. The quantitative estimate of drug-likeness (QED) is 0.551. The van der Waals surface area contributed by atoms with Crippen molar-refractivity contribution < 1.29 is 9.26 Å². The second-order valence-corrected chi connectivity index (χ2v) is 5.10. The summed E-state index contributed by atoms with van der Waals surface area (Å²) in [5.74, 6) is 2.46. The first-order chi connectivity index (χ1) is 11.9. The highest BCUT2D eigenvalue weighted by atomic mass is 16.5. The number of benzene rings is 2. The lowest BCUT2D eigenvalue weighted by atomic mass is 10.2. The Hall–Kier alpha value is -3.47. The molecule has 0 atom stereocenters. The molecule has 0 amide bonds. The molecule has 0 saturated carbocycles. The van der Waals surface area contributed by atoms with Crippen LogP contribution < -0.4 is 4.74 Å². The standard InChI is InChI=1S/C19H13N3O2/c1-2-6-16(7-3-1)23-17-8-4-5-15(13-17)19-21-18(22-24-19)14-9-11-20-12-10-14/h1-13H. The van der Waals surface area contributed by atoms with Gasteiger partial charge in [-0.2, -0.15) is 4.98 Å². The van der Waals surface area contributed by atoms with Crippen LogP contribution in [0.25, 0.3) is 22.8 Å². The Morgan fingerprint density at radius 1 is 0.750 bits per heavy atom. The predicted molar refractivity (Wildman–Crippen MR) is 89.5 cm³/mol. The molecule has 0 bridgehead atoms. The largest absolute Gasteiger partial charge is 0.457 e. The van der Waals surface area contributed by atoms with Crippen LogP contribution in [-0.4, -0.2) is 15.1 Å². The normalized spacial score (nSPS) is 10.5. The number of nitrogens with zero attached hydrogens (tertiary/aromatic N) is 3. The Kier molecular flexibility index (Phi) is 3.73. The van der Waals surface area contributed by atoms with E-state index < -0.39 is 0 Å². The van der Waals surface area contributed by atoms with Crippen molar-refractivity contribution in [1.29, 1.82) is 0 Å². The van der Waals surface area contributed by atoms with Crippen LogP contribution >= 0.6 is 0 Å². The van der Waals surface area contributed by atoms with Crippen molar-refractivity contribution in [2.75, 3.05) is 0 Å². The Labute approximate surface area is 138 Å². The molecule has 4 aromatic rings. The van der Waals surface area contributed by atoms with Gasteiger partial charge >= 0.3 is 0 Å². The minimum Gasteiger partial charge on any atom is -0.457 e. The van der Waals surface area contributed by atoms with Gasteiger partial charge in [0.15, 0.2) is 0 Å². The SMILES string of the molecule is c1ccc(Oc2cccc(-c3nc(-c4ccncc4)no3)c2)cc1. The Balaban J connectivity index is 1.61. The van der Waals surface area contributed by atoms with Crippen molar-refractivity contribution in [3.63, 3.8) is 0 Å². The number of pyridine rings is 1. The van der Waals surface area contributed by atoms with Crippen LogP contribution in [0.15, 0.2) is 83.6 Å². The molecule has 2 heterocycles. The highest BCUT2D eigenvalue weighted by Crippen LogP contribution is 2.27. The third-order valence-corrected chi connectivity index (χ3v) is 3.42. The molecule has 0 aliphatic carbocycles. The fourth-order valence-corrected chi connectivity index (χ4v) is 2.28. The summed E-state index contributed by atoms with van der Waals surface area (Å²) in [5, 5.41) is 4.02. The molecule has 0 saturated heterocycles. The van der Waals surface area contributed by atoms with Crippen molar-refractivity contribution in [2.45, 2.75) is 0 Å². The molecule has 5 heteroatoms. The second kappa shape index (κ2) is 6.34. The third kappa shape index (κ3) is 3.01. The van der Waals surface area contributed by atoms with Crippen LogP contribution in [0.5, 0.6) is 11.5 Å². The number of para-hydroxylation sites is 1. The number of ether oxygens (including phenoxy) is 1. The van der Waals surface area contributed by atoms with E-state index >= 15 is 0 Å². The molecule has 0 aliphatic heterocycles.